The lowest BCUT2D eigenvalue weighted by Crippen LogP contribution is -2.78. The molecule has 2 fully saturated rings. The van der Waals surface area contributed by atoms with Gasteiger partial charge >= 0.3 is 6.03 Å². The third-order valence-electron chi connectivity index (χ3n) is 2.83. The molecule has 1 saturated carbocycles. The zero-order valence-corrected chi connectivity index (χ0v) is 7.48. The van der Waals surface area contributed by atoms with Crippen molar-refractivity contribution in [2.24, 2.45) is 5.41 Å². The number of urea groups is 1. The molecule has 72 valence electrons. The van der Waals surface area contributed by atoms with Crippen molar-refractivity contribution in [3.63, 3.8) is 0 Å². The second-order valence-electron chi connectivity index (χ2n) is 4.39. The van der Waals surface area contributed by atoms with E-state index < -0.39 is 23.6 Å². The number of imide groups is 1. The summed E-state index contributed by atoms with van der Waals surface area (Å²) in [6.45, 7) is 3.66. The van der Waals surface area contributed by atoms with Gasteiger partial charge in [0.1, 0.15) is 0 Å². The molecule has 2 aliphatic rings. The van der Waals surface area contributed by atoms with Crippen LogP contribution in [0.2, 0.25) is 0 Å². The summed E-state index contributed by atoms with van der Waals surface area (Å²) in [7, 11) is 0. The number of hydrogen-bond donors (Lipinski definition) is 2. The summed E-state index contributed by atoms with van der Waals surface area (Å²) in [4.78, 5) is 22.0. The van der Waals surface area contributed by atoms with Crippen LogP contribution < -0.4 is 10.6 Å². The van der Waals surface area contributed by atoms with Gasteiger partial charge < -0.3 is 5.32 Å². The maximum Gasteiger partial charge on any atom is 0.321 e. The van der Waals surface area contributed by atoms with E-state index in [1.807, 2.05) is 19.2 Å². The first-order valence-electron chi connectivity index (χ1n) is 4.17. The summed E-state index contributed by atoms with van der Waals surface area (Å²) < 4.78 is 13.8. The van der Waals surface area contributed by atoms with Crippen LogP contribution in [-0.4, -0.2) is 23.6 Å². The summed E-state index contributed by atoms with van der Waals surface area (Å²) in [6, 6.07) is -1.28. The van der Waals surface area contributed by atoms with Gasteiger partial charge in [-0.3, -0.25) is 10.1 Å². The highest BCUT2D eigenvalue weighted by atomic mass is 19.1. The Hall–Kier alpha value is -1.13. The Bertz CT molecular complexity index is 303. The Morgan fingerprint density at radius 2 is 2.08 bits per heavy atom. The fourth-order valence-corrected chi connectivity index (χ4v) is 2.25. The molecule has 2 atom stereocenters. The molecule has 0 unspecified atom stereocenters. The van der Waals surface area contributed by atoms with Crippen molar-refractivity contribution in [1.29, 1.82) is 0 Å². The summed E-state index contributed by atoms with van der Waals surface area (Å²) in [6.07, 6.45) is 0.163. The van der Waals surface area contributed by atoms with Crippen molar-refractivity contribution in [3.05, 3.63) is 0 Å². The first-order valence-corrected chi connectivity index (χ1v) is 4.17. The first-order chi connectivity index (χ1) is 5.86. The molecule has 3 amide bonds. The van der Waals surface area contributed by atoms with Crippen molar-refractivity contribution < 1.29 is 14.0 Å². The molecule has 5 heteroatoms. The third kappa shape index (κ3) is 0.897. The Labute approximate surface area is 74.9 Å². The molecule has 2 rings (SSSR count). The van der Waals surface area contributed by atoms with E-state index in [1.165, 1.54) is 0 Å². The molecule has 0 spiro atoms. The molecule has 2 N–H and O–H groups in total. The van der Waals surface area contributed by atoms with Crippen molar-refractivity contribution in [3.8, 4) is 0 Å². The molecule has 0 aromatic heterocycles. The number of carbonyl (C=O) groups is 2. The number of carbonyl (C=O) groups excluding carboxylic acids is 2. The van der Waals surface area contributed by atoms with Crippen LogP contribution in [0.4, 0.5) is 9.18 Å². The number of halogens is 1. The van der Waals surface area contributed by atoms with Gasteiger partial charge in [-0.05, 0) is 11.8 Å². The first kappa shape index (κ1) is 8.47. The van der Waals surface area contributed by atoms with Gasteiger partial charge in [-0.25, -0.2) is 9.18 Å². The van der Waals surface area contributed by atoms with Crippen molar-refractivity contribution in [2.45, 2.75) is 32.0 Å². The average Bonchev–Trinajstić information content (AvgIpc) is 1.97. The monoisotopic (exact) mass is 186 g/mol. The van der Waals surface area contributed by atoms with Gasteiger partial charge in [-0.15, -0.1) is 0 Å². The number of nitrogens with one attached hydrogen (secondary N) is 2. The predicted molar refractivity (Wildman–Crippen MR) is 42.7 cm³/mol. The maximum atomic E-state index is 13.8. The summed E-state index contributed by atoms with van der Waals surface area (Å²) in [5.74, 6) is -0.805. The van der Waals surface area contributed by atoms with E-state index in [-0.39, 0.29) is 11.8 Å². The highest BCUT2D eigenvalue weighted by Crippen LogP contribution is 2.51. The van der Waals surface area contributed by atoms with Gasteiger partial charge in [0, 0.05) is 0 Å². The topological polar surface area (TPSA) is 58.2 Å². The van der Waals surface area contributed by atoms with E-state index in [0.717, 1.165) is 0 Å². The smallest absolute Gasteiger partial charge is 0.321 e. The molecular formula is C8H11FN2O2. The second-order valence-corrected chi connectivity index (χ2v) is 4.39. The fraction of sp³-hybridized carbons (Fsp3) is 0.750. The molecule has 1 heterocycles. The minimum Gasteiger partial charge on any atom is -0.331 e. The van der Waals surface area contributed by atoms with Crippen LogP contribution in [0.25, 0.3) is 0 Å². The molecular weight excluding hydrogens is 175 g/mol. The molecule has 13 heavy (non-hydrogen) atoms. The number of hydrogen-bond acceptors (Lipinski definition) is 2. The summed E-state index contributed by atoms with van der Waals surface area (Å²) >= 11 is 0. The van der Waals surface area contributed by atoms with Crippen LogP contribution in [-0.2, 0) is 4.79 Å². The lowest BCUT2D eigenvalue weighted by molar-refractivity contribution is -0.158. The highest BCUT2D eigenvalue weighted by molar-refractivity contribution is 6.03. The molecule has 1 aliphatic heterocycles. The Kier molecular flexibility index (Phi) is 1.32. The van der Waals surface area contributed by atoms with Crippen molar-refractivity contribution in [2.75, 3.05) is 0 Å². The zero-order chi connectivity index (χ0) is 9.85. The van der Waals surface area contributed by atoms with Crippen molar-refractivity contribution >= 4 is 11.9 Å². The number of amides is 3. The zero-order valence-electron chi connectivity index (χ0n) is 7.48. The predicted octanol–water partition coefficient (Wildman–Crippen LogP) is 0.333. The van der Waals surface area contributed by atoms with E-state index in [9.17, 15) is 14.0 Å². The lowest BCUT2D eigenvalue weighted by Gasteiger charge is -2.56. The summed E-state index contributed by atoms with van der Waals surface area (Å²) in [5.41, 5.74) is -2.22. The molecule has 0 bridgehead atoms. The van der Waals surface area contributed by atoms with Gasteiger partial charge in [0.2, 0.25) is 5.67 Å². The van der Waals surface area contributed by atoms with Crippen LogP contribution in [0.15, 0.2) is 0 Å². The number of rotatable bonds is 0. The van der Waals surface area contributed by atoms with Crippen LogP contribution in [0.1, 0.15) is 20.3 Å². The Morgan fingerprint density at radius 1 is 1.46 bits per heavy atom. The minimum atomic E-state index is -1.89. The summed E-state index contributed by atoms with van der Waals surface area (Å²) in [5, 5.41) is 4.36. The van der Waals surface area contributed by atoms with Crippen LogP contribution >= 0.6 is 0 Å². The minimum absolute atomic E-state index is 0.163. The normalized spacial score (nSPS) is 41.3. The quantitative estimate of drug-likeness (QED) is 0.573. The van der Waals surface area contributed by atoms with E-state index in [1.54, 1.807) is 0 Å². The lowest BCUT2D eigenvalue weighted by atomic mass is 9.57. The van der Waals surface area contributed by atoms with E-state index in [2.05, 4.69) is 5.32 Å². The number of fused-ring (bicyclic) bond motifs is 1. The Balaban J connectivity index is 2.30. The molecule has 1 saturated heterocycles. The second kappa shape index (κ2) is 2.02. The van der Waals surface area contributed by atoms with Crippen LogP contribution in [0.3, 0.4) is 0 Å². The number of alkyl halides is 1. The van der Waals surface area contributed by atoms with Gasteiger partial charge in [-0.1, -0.05) is 13.8 Å². The van der Waals surface area contributed by atoms with Gasteiger partial charge in [-0.2, -0.15) is 0 Å². The third-order valence-corrected chi connectivity index (χ3v) is 2.83. The van der Waals surface area contributed by atoms with Crippen molar-refractivity contribution in [1.82, 2.24) is 10.6 Å². The molecule has 0 radical (unpaired) electrons. The highest BCUT2D eigenvalue weighted by Gasteiger charge is 2.67. The van der Waals surface area contributed by atoms with Crippen LogP contribution in [0, 0.1) is 5.41 Å². The largest absolute Gasteiger partial charge is 0.331 e. The molecule has 1 aliphatic carbocycles. The van der Waals surface area contributed by atoms with Gasteiger partial charge in [0.25, 0.3) is 5.91 Å². The van der Waals surface area contributed by atoms with E-state index >= 15 is 0 Å². The fourth-order valence-electron chi connectivity index (χ4n) is 2.25. The van der Waals surface area contributed by atoms with Gasteiger partial charge in [0.15, 0.2) is 0 Å². The SMILES string of the molecule is CC1(C)C[C@]2(F)C(=O)NC(=O)N[C@H]12. The van der Waals surface area contributed by atoms with E-state index in [4.69, 9.17) is 0 Å². The van der Waals surface area contributed by atoms with E-state index in [0.29, 0.717) is 0 Å². The molecule has 0 aromatic carbocycles. The maximum absolute atomic E-state index is 13.8. The standard InChI is InChI=1S/C8H11FN2O2/c1-7(2)3-8(9)4(7)10-6(13)11-5(8)12/h4H,3H2,1-2H3,(H2,10,11,12,13)/t4-,8-/m1/s1. The molecule has 4 nitrogen and oxygen atoms in total. The van der Waals surface area contributed by atoms with Gasteiger partial charge in [0.05, 0.1) is 6.04 Å². The molecule has 0 aromatic rings. The van der Waals surface area contributed by atoms with Crippen LogP contribution in [0.5, 0.6) is 0 Å². The average molecular weight is 186 g/mol. The Morgan fingerprint density at radius 3 is 2.62 bits per heavy atom.